The summed E-state index contributed by atoms with van der Waals surface area (Å²) in [5.41, 5.74) is 1.81. The number of nitrogens with one attached hydrogen (secondary N) is 1. The maximum atomic E-state index is 13.4. The predicted molar refractivity (Wildman–Crippen MR) is 78.1 cm³/mol. The van der Waals surface area contributed by atoms with Crippen LogP contribution in [0.15, 0.2) is 36.4 Å². The number of halogens is 1. The van der Waals surface area contributed by atoms with Gasteiger partial charge < -0.3 is 10.1 Å². The average Bonchev–Trinajstić information content (AvgIpc) is 2.48. The number of anilines is 1. The van der Waals surface area contributed by atoms with E-state index >= 15 is 0 Å². The first-order valence-corrected chi connectivity index (χ1v) is 6.32. The van der Waals surface area contributed by atoms with Crippen molar-refractivity contribution in [2.75, 3.05) is 12.4 Å². The Hall–Kier alpha value is -2.63. The summed E-state index contributed by atoms with van der Waals surface area (Å²) < 4.78 is 18.4. The standard InChI is InChI=1S/C15H15FN2O3/c1-10-3-5-12(8-13(10)16)17-9-11-4-6-15(21-2)14(7-11)18(19)20/h3-8,17H,9H2,1-2H3. The van der Waals surface area contributed by atoms with Crippen molar-refractivity contribution in [1.29, 1.82) is 0 Å². The second-order valence-corrected chi connectivity index (χ2v) is 4.58. The van der Waals surface area contributed by atoms with Crippen LogP contribution in [0, 0.1) is 22.9 Å². The zero-order valence-corrected chi connectivity index (χ0v) is 11.7. The Morgan fingerprint density at radius 1 is 1.29 bits per heavy atom. The summed E-state index contributed by atoms with van der Waals surface area (Å²) in [5.74, 6) is -0.0779. The first-order chi connectivity index (χ1) is 10.0. The normalized spacial score (nSPS) is 10.2. The quantitative estimate of drug-likeness (QED) is 0.674. The van der Waals surface area contributed by atoms with E-state index in [9.17, 15) is 14.5 Å². The van der Waals surface area contributed by atoms with Crippen LogP contribution in [0.3, 0.4) is 0 Å². The van der Waals surface area contributed by atoms with Crippen molar-refractivity contribution < 1.29 is 14.1 Å². The second-order valence-electron chi connectivity index (χ2n) is 4.58. The molecule has 1 N–H and O–H groups in total. The molecule has 21 heavy (non-hydrogen) atoms. The second kappa shape index (κ2) is 6.21. The molecule has 0 atom stereocenters. The Kier molecular flexibility index (Phi) is 4.37. The van der Waals surface area contributed by atoms with Gasteiger partial charge in [0.05, 0.1) is 12.0 Å². The molecule has 0 heterocycles. The number of nitrogens with zero attached hydrogens (tertiary/aromatic N) is 1. The highest BCUT2D eigenvalue weighted by molar-refractivity contribution is 5.50. The molecule has 0 saturated carbocycles. The Labute approximate surface area is 121 Å². The zero-order chi connectivity index (χ0) is 15.4. The monoisotopic (exact) mass is 290 g/mol. The number of nitro groups is 1. The van der Waals surface area contributed by atoms with Gasteiger partial charge in [0, 0.05) is 18.3 Å². The minimum absolute atomic E-state index is 0.0908. The third kappa shape index (κ3) is 3.47. The summed E-state index contributed by atoms with van der Waals surface area (Å²) in [4.78, 5) is 10.5. The van der Waals surface area contributed by atoms with E-state index in [1.165, 1.54) is 19.2 Å². The Morgan fingerprint density at radius 3 is 2.67 bits per heavy atom. The number of benzene rings is 2. The summed E-state index contributed by atoms with van der Waals surface area (Å²) in [7, 11) is 1.38. The maximum Gasteiger partial charge on any atom is 0.311 e. The van der Waals surface area contributed by atoms with Crippen molar-refractivity contribution in [3.8, 4) is 5.75 Å². The fraction of sp³-hybridized carbons (Fsp3) is 0.200. The molecule has 0 fully saturated rings. The Balaban J connectivity index is 2.14. The molecule has 6 heteroatoms. The lowest BCUT2D eigenvalue weighted by Gasteiger charge is -2.09. The van der Waals surface area contributed by atoms with Gasteiger partial charge in [-0.25, -0.2) is 4.39 Å². The number of hydrogen-bond acceptors (Lipinski definition) is 4. The van der Waals surface area contributed by atoms with E-state index in [-0.39, 0.29) is 17.3 Å². The van der Waals surface area contributed by atoms with Crippen molar-refractivity contribution in [3.05, 3.63) is 63.5 Å². The summed E-state index contributed by atoms with van der Waals surface area (Å²) in [6, 6.07) is 9.54. The number of hydrogen-bond donors (Lipinski definition) is 1. The molecular weight excluding hydrogens is 275 g/mol. The molecule has 2 aromatic rings. The van der Waals surface area contributed by atoms with Crippen LogP contribution in [0.1, 0.15) is 11.1 Å². The van der Waals surface area contributed by atoms with Crippen LogP contribution in [0.5, 0.6) is 5.75 Å². The molecule has 110 valence electrons. The Morgan fingerprint density at radius 2 is 2.05 bits per heavy atom. The molecular formula is C15H15FN2O3. The molecule has 0 unspecified atom stereocenters. The molecule has 2 rings (SSSR count). The van der Waals surface area contributed by atoms with E-state index < -0.39 is 4.92 Å². The van der Waals surface area contributed by atoms with Crippen LogP contribution in [0.2, 0.25) is 0 Å². The van der Waals surface area contributed by atoms with E-state index in [1.807, 2.05) is 0 Å². The first-order valence-electron chi connectivity index (χ1n) is 6.32. The molecule has 0 aromatic heterocycles. The molecule has 0 aliphatic carbocycles. The van der Waals surface area contributed by atoms with Gasteiger partial charge >= 0.3 is 5.69 Å². The summed E-state index contributed by atoms with van der Waals surface area (Å²) in [6.07, 6.45) is 0. The van der Waals surface area contributed by atoms with Crippen LogP contribution in [0.4, 0.5) is 15.8 Å². The van der Waals surface area contributed by atoms with Crippen LogP contribution >= 0.6 is 0 Å². The molecule has 0 amide bonds. The molecule has 0 radical (unpaired) electrons. The average molecular weight is 290 g/mol. The highest BCUT2D eigenvalue weighted by Crippen LogP contribution is 2.27. The van der Waals surface area contributed by atoms with Gasteiger partial charge in [0.1, 0.15) is 5.82 Å². The summed E-state index contributed by atoms with van der Waals surface area (Å²) >= 11 is 0. The van der Waals surface area contributed by atoms with Gasteiger partial charge in [-0.2, -0.15) is 0 Å². The van der Waals surface area contributed by atoms with Crippen molar-refractivity contribution in [2.45, 2.75) is 13.5 Å². The molecule has 0 bridgehead atoms. The lowest BCUT2D eigenvalue weighted by molar-refractivity contribution is -0.385. The van der Waals surface area contributed by atoms with Crippen LogP contribution in [-0.2, 0) is 6.54 Å². The summed E-state index contributed by atoms with van der Waals surface area (Å²) in [6.45, 7) is 2.04. The smallest absolute Gasteiger partial charge is 0.311 e. The number of ether oxygens (including phenoxy) is 1. The van der Waals surface area contributed by atoms with E-state index in [2.05, 4.69) is 5.32 Å². The molecule has 0 saturated heterocycles. The van der Waals surface area contributed by atoms with E-state index in [1.54, 1.807) is 31.2 Å². The molecule has 2 aromatic carbocycles. The molecule has 0 aliphatic heterocycles. The lowest BCUT2D eigenvalue weighted by Crippen LogP contribution is -2.02. The third-order valence-corrected chi connectivity index (χ3v) is 3.11. The van der Waals surface area contributed by atoms with Gasteiger partial charge in [-0.1, -0.05) is 12.1 Å². The van der Waals surface area contributed by atoms with Gasteiger partial charge in [0.2, 0.25) is 0 Å². The largest absolute Gasteiger partial charge is 0.490 e. The van der Waals surface area contributed by atoms with Crippen molar-refractivity contribution >= 4 is 11.4 Å². The number of nitro benzene ring substituents is 1. The fourth-order valence-corrected chi connectivity index (χ4v) is 1.90. The lowest BCUT2D eigenvalue weighted by atomic mass is 10.1. The number of aryl methyl sites for hydroxylation is 1. The number of rotatable bonds is 5. The van der Waals surface area contributed by atoms with E-state index in [0.717, 1.165) is 0 Å². The van der Waals surface area contributed by atoms with Gasteiger partial charge in [-0.15, -0.1) is 0 Å². The van der Waals surface area contributed by atoms with E-state index in [0.29, 0.717) is 23.4 Å². The van der Waals surface area contributed by atoms with Crippen LogP contribution < -0.4 is 10.1 Å². The molecule has 0 spiro atoms. The first kappa shape index (κ1) is 14.8. The van der Waals surface area contributed by atoms with Crippen molar-refractivity contribution in [1.82, 2.24) is 0 Å². The minimum Gasteiger partial charge on any atom is -0.490 e. The summed E-state index contributed by atoms with van der Waals surface area (Å²) in [5, 5.41) is 14.0. The zero-order valence-electron chi connectivity index (χ0n) is 11.7. The Bertz CT molecular complexity index is 674. The van der Waals surface area contributed by atoms with Gasteiger partial charge in [-0.05, 0) is 36.2 Å². The molecule has 5 nitrogen and oxygen atoms in total. The highest BCUT2D eigenvalue weighted by Gasteiger charge is 2.14. The predicted octanol–water partition coefficient (Wildman–Crippen LogP) is 3.66. The van der Waals surface area contributed by atoms with Gasteiger partial charge in [-0.3, -0.25) is 10.1 Å². The topological polar surface area (TPSA) is 64.4 Å². The van der Waals surface area contributed by atoms with Crippen LogP contribution in [-0.4, -0.2) is 12.0 Å². The third-order valence-electron chi connectivity index (χ3n) is 3.11. The van der Waals surface area contributed by atoms with Gasteiger partial charge in [0.25, 0.3) is 0 Å². The SMILES string of the molecule is COc1ccc(CNc2ccc(C)c(F)c2)cc1[N+](=O)[O-]. The molecule has 0 aliphatic rings. The highest BCUT2D eigenvalue weighted by atomic mass is 19.1. The minimum atomic E-state index is -0.492. The maximum absolute atomic E-state index is 13.4. The fourth-order valence-electron chi connectivity index (χ4n) is 1.90. The van der Waals surface area contributed by atoms with Crippen LogP contribution in [0.25, 0.3) is 0 Å². The number of methoxy groups -OCH3 is 1. The van der Waals surface area contributed by atoms with E-state index in [4.69, 9.17) is 4.74 Å². The van der Waals surface area contributed by atoms with Gasteiger partial charge in [0.15, 0.2) is 5.75 Å². The van der Waals surface area contributed by atoms with Crippen molar-refractivity contribution in [2.24, 2.45) is 0 Å². The van der Waals surface area contributed by atoms with Crippen molar-refractivity contribution in [3.63, 3.8) is 0 Å².